The lowest BCUT2D eigenvalue weighted by atomic mass is 10.0. The number of para-hydroxylation sites is 1. The predicted octanol–water partition coefficient (Wildman–Crippen LogP) is 2.46. The quantitative estimate of drug-likeness (QED) is 0.877. The van der Waals surface area contributed by atoms with Crippen LogP contribution >= 0.6 is 0 Å². The summed E-state index contributed by atoms with van der Waals surface area (Å²) in [5, 5.41) is 2.90. The van der Waals surface area contributed by atoms with Gasteiger partial charge in [0.2, 0.25) is 5.76 Å². The van der Waals surface area contributed by atoms with Crippen LogP contribution in [0.2, 0.25) is 0 Å². The summed E-state index contributed by atoms with van der Waals surface area (Å²) in [7, 11) is 0. The van der Waals surface area contributed by atoms with E-state index < -0.39 is 12.1 Å². The first-order valence-electron chi connectivity index (χ1n) is 7.42. The lowest BCUT2D eigenvalue weighted by Crippen LogP contribution is -2.39. The number of benzene rings is 1. The highest BCUT2D eigenvalue weighted by molar-refractivity contribution is 5.90. The van der Waals surface area contributed by atoms with Crippen LogP contribution in [0.25, 0.3) is 0 Å². The topological polar surface area (TPSA) is 77.8 Å². The maximum atomic E-state index is 12.3. The normalized spacial score (nSPS) is 17.5. The molecule has 1 aromatic carbocycles. The minimum atomic E-state index is -0.914. The van der Waals surface area contributed by atoms with Gasteiger partial charge in [-0.3, -0.25) is 4.79 Å². The van der Waals surface area contributed by atoms with Crippen molar-refractivity contribution in [3.8, 4) is 5.75 Å². The van der Waals surface area contributed by atoms with Crippen LogP contribution in [-0.4, -0.2) is 24.6 Å². The molecular weight excluding hydrogens is 298 g/mol. The van der Waals surface area contributed by atoms with E-state index >= 15 is 0 Å². The standard InChI is InChI=1S/C17H17NO5/c1-11(23-17(20)15-7-4-9-21-15)16(19)18-13-8-10-22-14-6-3-2-5-12(13)14/h2-7,9,11,13H,8,10H2,1H3,(H,18,19)/t11-,13+/m0/s1. The predicted molar refractivity (Wildman–Crippen MR) is 81.0 cm³/mol. The number of nitrogens with one attached hydrogen (secondary N) is 1. The molecule has 0 aliphatic carbocycles. The third kappa shape index (κ3) is 3.36. The van der Waals surface area contributed by atoms with Crippen LogP contribution in [0.4, 0.5) is 0 Å². The average Bonchev–Trinajstić information content (AvgIpc) is 3.09. The highest BCUT2D eigenvalue weighted by atomic mass is 16.6. The molecule has 0 saturated carbocycles. The molecule has 6 heteroatoms. The number of amides is 1. The summed E-state index contributed by atoms with van der Waals surface area (Å²) in [6.07, 6.45) is 1.13. The molecule has 0 fully saturated rings. The molecule has 120 valence electrons. The van der Waals surface area contributed by atoms with Crippen molar-refractivity contribution in [3.05, 3.63) is 54.0 Å². The average molecular weight is 315 g/mol. The number of hydrogen-bond acceptors (Lipinski definition) is 5. The van der Waals surface area contributed by atoms with E-state index in [1.165, 1.54) is 19.3 Å². The zero-order chi connectivity index (χ0) is 16.2. The van der Waals surface area contributed by atoms with Crippen LogP contribution in [-0.2, 0) is 9.53 Å². The smallest absolute Gasteiger partial charge is 0.374 e. The van der Waals surface area contributed by atoms with Crippen molar-refractivity contribution in [3.63, 3.8) is 0 Å². The molecule has 3 rings (SSSR count). The van der Waals surface area contributed by atoms with Crippen molar-refractivity contribution in [2.45, 2.75) is 25.5 Å². The van der Waals surface area contributed by atoms with Crippen molar-refractivity contribution in [2.24, 2.45) is 0 Å². The maximum absolute atomic E-state index is 12.3. The van der Waals surface area contributed by atoms with Gasteiger partial charge in [-0.25, -0.2) is 4.79 Å². The van der Waals surface area contributed by atoms with Gasteiger partial charge in [-0.05, 0) is 25.1 Å². The van der Waals surface area contributed by atoms with Crippen molar-refractivity contribution < 1.29 is 23.5 Å². The molecule has 1 N–H and O–H groups in total. The van der Waals surface area contributed by atoms with E-state index in [1.54, 1.807) is 6.07 Å². The molecule has 1 amide bonds. The summed E-state index contributed by atoms with van der Waals surface area (Å²) in [4.78, 5) is 24.1. The number of carbonyl (C=O) groups is 2. The zero-order valence-electron chi connectivity index (χ0n) is 12.7. The highest BCUT2D eigenvalue weighted by Crippen LogP contribution is 2.31. The fraction of sp³-hybridized carbons (Fsp3) is 0.294. The van der Waals surface area contributed by atoms with Gasteiger partial charge in [0.1, 0.15) is 5.75 Å². The Hall–Kier alpha value is -2.76. The molecule has 1 aliphatic heterocycles. The van der Waals surface area contributed by atoms with Crippen LogP contribution in [0.1, 0.15) is 35.5 Å². The number of esters is 1. The molecule has 0 unspecified atom stereocenters. The van der Waals surface area contributed by atoms with Crippen LogP contribution in [0.3, 0.4) is 0 Å². The molecule has 0 spiro atoms. The lowest BCUT2D eigenvalue weighted by Gasteiger charge is -2.27. The Bertz CT molecular complexity index is 695. The fourth-order valence-corrected chi connectivity index (χ4v) is 2.45. The number of fused-ring (bicyclic) bond motifs is 1. The Morgan fingerprint density at radius 2 is 2.09 bits per heavy atom. The third-order valence-electron chi connectivity index (χ3n) is 3.65. The number of carbonyl (C=O) groups excluding carboxylic acids is 2. The van der Waals surface area contributed by atoms with Gasteiger partial charge in [-0.1, -0.05) is 18.2 Å². The summed E-state index contributed by atoms with van der Waals surface area (Å²) in [5.41, 5.74) is 0.927. The van der Waals surface area contributed by atoms with Gasteiger partial charge in [0.15, 0.2) is 6.10 Å². The SMILES string of the molecule is C[C@H](OC(=O)c1ccco1)C(=O)N[C@@H]1CCOc2ccccc21. The highest BCUT2D eigenvalue weighted by Gasteiger charge is 2.26. The van der Waals surface area contributed by atoms with Gasteiger partial charge in [-0.2, -0.15) is 0 Å². The molecule has 0 saturated heterocycles. The monoisotopic (exact) mass is 315 g/mol. The molecule has 1 aliphatic rings. The summed E-state index contributed by atoms with van der Waals surface area (Å²) < 4.78 is 15.6. The first kappa shape index (κ1) is 15.1. The summed E-state index contributed by atoms with van der Waals surface area (Å²) in [5.74, 6) is -0.179. The second-order valence-electron chi connectivity index (χ2n) is 5.26. The van der Waals surface area contributed by atoms with Crippen LogP contribution < -0.4 is 10.1 Å². The van der Waals surface area contributed by atoms with E-state index in [2.05, 4.69) is 5.32 Å². The molecule has 1 aromatic heterocycles. The van der Waals surface area contributed by atoms with Crippen molar-refractivity contribution in [1.82, 2.24) is 5.32 Å². The van der Waals surface area contributed by atoms with Crippen molar-refractivity contribution >= 4 is 11.9 Å². The molecule has 2 atom stereocenters. The molecule has 0 radical (unpaired) electrons. The minimum Gasteiger partial charge on any atom is -0.493 e. The van der Waals surface area contributed by atoms with Crippen LogP contribution in [0, 0.1) is 0 Å². The molecule has 0 bridgehead atoms. The summed E-state index contributed by atoms with van der Waals surface area (Å²) in [6, 6.07) is 10.5. The third-order valence-corrected chi connectivity index (χ3v) is 3.65. The second kappa shape index (κ2) is 6.56. The number of rotatable bonds is 4. The largest absolute Gasteiger partial charge is 0.493 e. The number of hydrogen-bond donors (Lipinski definition) is 1. The van der Waals surface area contributed by atoms with E-state index in [9.17, 15) is 9.59 Å². The van der Waals surface area contributed by atoms with E-state index in [0.717, 1.165) is 11.3 Å². The van der Waals surface area contributed by atoms with Crippen LogP contribution in [0.15, 0.2) is 47.1 Å². The Morgan fingerprint density at radius 1 is 1.26 bits per heavy atom. The van der Waals surface area contributed by atoms with Gasteiger partial charge in [0, 0.05) is 12.0 Å². The Balaban J connectivity index is 1.62. The van der Waals surface area contributed by atoms with Gasteiger partial charge >= 0.3 is 5.97 Å². The second-order valence-corrected chi connectivity index (χ2v) is 5.26. The molecule has 23 heavy (non-hydrogen) atoms. The van der Waals surface area contributed by atoms with Gasteiger partial charge < -0.3 is 19.2 Å². The number of furan rings is 1. The van der Waals surface area contributed by atoms with E-state index in [4.69, 9.17) is 13.9 Å². The Labute approximate surface area is 133 Å². The number of ether oxygens (including phenoxy) is 2. The first-order chi connectivity index (χ1) is 11.1. The first-order valence-corrected chi connectivity index (χ1v) is 7.42. The molecule has 2 heterocycles. The summed E-state index contributed by atoms with van der Waals surface area (Å²) >= 11 is 0. The summed E-state index contributed by atoms with van der Waals surface area (Å²) in [6.45, 7) is 2.06. The maximum Gasteiger partial charge on any atom is 0.374 e. The van der Waals surface area contributed by atoms with Gasteiger partial charge in [0.25, 0.3) is 5.91 Å². The van der Waals surface area contributed by atoms with Gasteiger partial charge in [-0.15, -0.1) is 0 Å². The van der Waals surface area contributed by atoms with Crippen molar-refractivity contribution in [2.75, 3.05) is 6.61 Å². The Kier molecular flexibility index (Phi) is 4.32. The van der Waals surface area contributed by atoms with E-state index in [-0.39, 0.29) is 17.7 Å². The fourth-order valence-electron chi connectivity index (χ4n) is 2.45. The lowest BCUT2D eigenvalue weighted by molar-refractivity contribution is -0.130. The van der Waals surface area contributed by atoms with Crippen LogP contribution in [0.5, 0.6) is 5.75 Å². The molecular formula is C17H17NO5. The zero-order valence-corrected chi connectivity index (χ0v) is 12.7. The van der Waals surface area contributed by atoms with E-state index in [1.807, 2.05) is 24.3 Å². The van der Waals surface area contributed by atoms with Crippen molar-refractivity contribution in [1.29, 1.82) is 0 Å². The molecule has 2 aromatic rings. The van der Waals surface area contributed by atoms with E-state index in [0.29, 0.717) is 13.0 Å². The molecule has 6 nitrogen and oxygen atoms in total. The minimum absolute atomic E-state index is 0.0704. The Morgan fingerprint density at radius 3 is 2.87 bits per heavy atom. The van der Waals surface area contributed by atoms with Gasteiger partial charge in [0.05, 0.1) is 18.9 Å².